The third-order valence-electron chi connectivity index (χ3n) is 3.61. The lowest BCUT2D eigenvalue weighted by molar-refractivity contribution is 0.627. The van der Waals surface area contributed by atoms with Crippen LogP contribution in [-0.4, -0.2) is 5.54 Å². The van der Waals surface area contributed by atoms with E-state index in [1.807, 2.05) is 42.5 Å². The molecule has 20 heavy (non-hydrogen) atoms. The summed E-state index contributed by atoms with van der Waals surface area (Å²) in [6, 6.07) is 16.1. The number of nitrogens with one attached hydrogen (secondary N) is 1. The van der Waals surface area contributed by atoms with Crippen molar-refractivity contribution in [3.8, 4) is 6.07 Å². The Bertz CT molecular complexity index is 708. The average molecular weight is 348 g/mol. The van der Waals surface area contributed by atoms with Crippen LogP contribution < -0.4 is 5.32 Å². The molecule has 2 aromatic rings. The molecule has 2 aromatic carbocycles. The monoisotopic (exact) mass is 346 g/mol. The zero-order valence-corrected chi connectivity index (χ0v) is 13.0. The van der Waals surface area contributed by atoms with Crippen LogP contribution >= 0.6 is 27.5 Å². The van der Waals surface area contributed by atoms with Crippen molar-refractivity contribution in [2.24, 2.45) is 0 Å². The SMILES string of the molecule is N#CC1(Nc2ccccc2Br)Cc2ccc(Cl)cc2C1. The molecule has 4 heteroatoms. The van der Waals surface area contributed by atoms with Crippen molar-refractivity contribution >= 4 is 33.2 Å². The summed E-state index contributed by atoms with van der Waals surface area (Å²) in [7, 11) is 0. The van der Waals surface area contributed by atoms with Crippen molar-refractivity contribution in [2.75, 3.05) is 5.32 Å². The molecule has 0 radical (unpaired) electrons. The standard InChI is InChI=1S/C16H12BrClN2/c17-14-3-1-2-4-15(14)20-16(10-19)8-11-5-6-13(18)7-12(11)9-16/h1-7,20H,8-9H2. The summed E-state index contributed by atoms with van der Waals surface area (Å²) in [5, 5.41) is 13.8. The molecule has 0 spiro atoms. The van der Waals surface area contributed by atoms with Crippen molar-refractivity contribution < 1.29 is 0 Å². The summed E-state index contributed by atoms with van der Waals surface area (Å²) in [6.07, 6.45) is 1.36. The van der Waals surface area contributed by atoms with Gasteiger partial charge in [-0.15, -0.1) is 0 Å². The van der Waals surface area contributed by atoms with Crippen LogP contribution in [0, 0.1) is 11.3 Å². The van der Waals surface area contributed by atoms with Gasteiger partial charge in [-0.3, -0.25) is 0 Å². The van der Waals surface area contributed by atoms with Gasteiger partial charge in [-0.25, -0.2) is 0 Å². The molecule has 0 saturated carbocycles. The average Bonchev–Trinajstić information content (AvgIpc) is 2.79. The molecular weight excluding hydrogens is 336 g/mol. The van der Waals surface area contributed by atoms with Crippen LogP contribution in [0.2, 0.25) is 5.02 Å². The van der Waals surface area contributed by atoms with E-state index in [0.717, 1.165) is 20.7 Å². The molecule has 0 heterocycles. The second-order valence-electron chi connectivity index (χ2n) is 5.07. The minimum Gasteiger partial charge on any atom is -0.366 e. The summed E-state index contributed by atoms with van der Waals surface area (Å²) < 4.78 is 0.962. The number of para-hydroxylation sites is 1. The summed E-state index contributed by atoms with van der Waals surface area (Å²) in [6.45, 7) is 0. The first-order valence-corrected chi connectivity index (χ1v) is 7.50. The Balaban J connectivity index is 1.93. The first-order valence-electron chi connectivity index (χ1n) is 6.33. The Morgan fingerprint density at radius 1 is 1.15 bits per heavy atom. The molecule has 0 bridgehead atoms. The molecule has 0 fully saturated rings. The number of nitriles is 1. The lowest BCUT2D eigenvalue weighted by Crippen LogP contribution is -2.37. The third-order valence-corrected chi connectivity index (χ3v) is 4.54. The van der Waals surface area contributed by atoms with Gasteiger partial charge in [0.2, 0.25) is 0 Å². The Morgan fingerprint density at radius 3 is 2.65 bits per heavy atom. The first-order chi connectivity index (χ1) is 9.62. The molecule has 0 aromatic heterocycles. The lowest BCUT2D eigenvalue weighted by atomic mass is 9.97. The number of rotatable bonds is 2. The zero-order chi connectivity index (χ0) is 14.2. The molecule has 3 rings (SSSR count). The Hall–Kier alpha value is -1.50. The molecule has 0 amide bonds. The van der Waals surface area contributed by atoms with Gasteiger partial charge in [0.1, 0.15) is 5.54 Å². The van der Waals surface area contributed by atoms with Crippen molar-refractivity contribution in [1.82, 2.24) is 0 Å². The van der Waals surface area contributed by atoms with E-state index < -0.39 is 5.54 Å². The third kappa shape index (κ3) is 2.42. The second kappa shape index (κ2) is 5.12. The van der Waals surface area contributed by atoms with Gasteiger partial charge in [-0.2, -0.15) is 5.26 Å². The van der Waals surface area contributed by atoms with Gasteiger partial charge in [0.25, 0.3) is 0 Å². The van der Waals surface area contributed by atoms with Gasteiger partial charge in [-0.05, 0) is 51.3 Å². The summed E-state index contributed by atoms with van der Waals surface area (Å²) in [5.41, 5.74) is 2.68. The number of hydrogen-bond acceptors (Lipinski definition) is 2. The van der Waals surface area contributed by atoms with Gasteiger partial charge in [0.05, 0.1) is 6.07 Å². The van der Waals surface area contributed by atoms with E-state index in [4.69, 9.17) is 11.6 Å². The van der Waals surface area contributed by atoms with Crippen LogP contribution in [-0.2, 0) is 12.8 Å². The fourth-order valence-corrected chi connectivity index (χ4v) is 3.24. The van der Waals surface area contributed by atoms with Crippen LogP contribution in [0.15, 0.2) is 46.9 Å². The Morgan fingerprint density at radius 2 is 1.90 bits per heavy atom. The van der Waals surface area contributed by atoms with Gasteiger partial charge in [-0.1, -0.05) is 29.8 Å². The van der Waals surface area contributed by atoms with Crippen molar-refractivity contribution in [2.45, 2.75) is 18.4 Å². The highest BCUT2D eigenvalue weighted by molar-refractivity contribution is 9.10. The second-order valence-corrected chi connectivity index (χ2v) is 6.36. The van der Waals surface area contributed by atoms with E-state index in [1.165, 1.54) is 5.56 Å². The Kier molecular flexibility index (Phi) is 3.45. The smallest absolute Gasteiger partial charge is 0.133 e. The minimum absolute atomic E-state index is 0.600. The lowest BCUT2D eigenvalue weighted by Gasteiger charge is -2.24. The van der Waals surface area contributed by atoms with Crippen LogP contribution in [0.25, 0.3) is 0 Å². The van der Waals surface area contributed by atoms with Gasteiger partial charge in [0.15, 0.2) is 0 Å². The first kappa shape index (κ1) is 13.5. The topological polar surface area (TPSA) is 35.8 Å². The van der Waals surface area contributed by atoms with E-state index in [0.29, 0.717) is 12.8 Å². The summed E-state index contributed by atoms with van der Waals surface area (Å²) in [4.78, 5) is 0. The van der Waals surface area contributed by atoms with Gasteiger partial charge >= 0.3 is 0 Å². The predicted molar refractivity (Wildman–Crippen MR) is 85.0 cm³/mol. The summed E-state index contributed by atoms with van der Waals surface area (Å²) >= 11 is 9.54. The molecule has 1 aliphatic carbocycles. The largest absolute Gasteiger partial charge is 0.366 e. The van der Waals surface area contributed by atoms with E-state index in [1.54, 1.807) is 0 Å². The zero-order valence-electron chi connectivity index (χ0n) is 10.7. The fraction of sp³-hybridized carbons (Fsp3) is 0.188. The van der Waals surface area contributed by atoms with Gasteiger partial charge in [0, 0.05) is 28.0 Å². The molecule has 0 saturated heterocycles. The molecular formula is C16H12BrClN2. The van der Waals surface area contributed by atoms with E-state index in [9.17, 15) is 5.26 Å². The molecule has 100 valence electrons. The molecule has 1 unspecified atom stereocenters. The number of nitrogens with zero attached hydrogens (tertiary/aromatic N) is 1. The maximum atomic E-state index is 9.65. The van der Waals surface area contributed by atoms with Crippen molar-refractivity contribution in [3.63, 3.8) is 0 Å². The highest BCUT2D eigenvalue weighted by atomic mass is 79.9. The predicted octanol–water partition coefficient (Wildman–Crippen LogP) is 4.58. The fourth-order valence-electron chi connectivity index (χ4n) is 2.66. The highest BCUT2D eigenvalue weighted by Gasteiger charge is 2.37. The van der Waals surface area contributed by atoms with Crippen LogP contribution in [0.1, 0.15) is 11.1 Å². The summed E-state index contributed by atoms with van der Waals surface area (Å²) in [5.74, 6) is 0. The van der Waals surface area contributed by atoms with E-state index in [-0.39, 0.29) is 0 Å². The normalized spacial score (nSPS) is 20.2. The maximum absolute atomic E-state index is 9.65. The van der Waals surface area contributed by atoms with Crippen LogP contribution in [0.5, 0.6) is 0 Å². The molecule has 1 atom stereocenters. The molecule has 1 N–H and O–H groups in total. The minimum atomic E-state index is -0.600. The Labute approximate surface area is 131 Å². The van der Waals surface area contributed by atoms with Crippen LogP contribution in [0.3, 0.4) is 0 Å². The number of anilines is 1. The number of halogens is 2. The molecule has 1 aliphatic rings. The van der Waals surface area contributed by atoms with Crippen LogP contribution in [0.4, 0.5) is 5.69 Å². The van der Waals surface area contributed by atoms with E-state index in [2.05, 4.69) is 27.3 Å². The van der Waals surface area contributed by atoms with E-state index >= 15 is 0 Å². The number of benzene rings is 2. The van der Waals surface area contributed by atoms with Crippen molar-refractivity contribution in [1.29, 1.82) is 5.26 Å². The number of hydrogen-bond donors (Lipinski definition) is 1. The van der Waals surface area contributed by atoms with Gasteiger partial charge < -0.3 is 5.32 Å². The maximum Gasteiger partial charge on any atom is 0.133 e. The molecule has 2 nitrogen and oxygen atoms in total. The number of fused-ring (bicyclic) bond motifs is 1. The molecule has 0 aliphatic heterocycles. The highest BCUT2D eigenvalue weighted by Crippen LogP contribution is 2.35. The quantitative estimate of drug-likeness (QED) is 0.863. The van der Waals surface area contributed by atoms with Crippen molar-refractivity contribution in [3.05, 3.63) is 63.1 Å².